The summed E-state index contributed by atoms with van der Waals surface area (Å²) in [6.45, 7) is 0.338. The van der Waals surface area contributed by atoms with Gasteiger partial charge in [-0.2, -0.15) is 5.10 Å². The Labute approximate surface area is 154 Å². The number of hydrogen-bond donors (Lipinski definition) is 1. The molecule has 4 rings (SSSR count). The van der Waals surface area contributed by atoms with Crippen LogP contribution in [-0.4, -0.2) is 16.1 Å². The molecule has 25 heavy (non-hydrogen) atoms. The van der Waals surface area contributed by atoms with E-state index in [-0.39, 0.29) is 5.91 Å². The second-order valence-electron chi connectivity index (χ2n) is 5.86. The molecule has 0 unspecified atom stereocenters. The van der Waals surface area contributed by atoms with Gasteiger partial charge in [0.05, 0.1) is 15.7 Å². The molecule has 0 bridgehead atoms. The number of nitrogens with zero attached hydrogens (tertiary/aromatic N) is 2. The van der Waals surface area contributed by atoms with E-state index >= 15 is 0 Å². The van der Waals surface area contributed by atoms with E-state index in [4.69, 9.17) is 23.2 Å². The summed E-state index contributed by atoms with van der Waals surface area (Å²) in [6, 6.07) is 15.2. The van der Waals surface area contributed by atoms with E-state index in [1.165, 1.54) is 5.56 Å². The molecule has 0 atom stereocenters. The van der Waals surface area contributed by atoms with Crippen LogP contribution in [-0.2, 0) is 13.0 Å². The number of carbonyl (C=O) groups is 1. The van der Waals surface area contributed by atoms with Crippen molar-refractivity contribution in [3.8, 4) is 11.1 Å². The molecule has 4 nitrogen and oxygen atoms in total. The smallest absolute Gasteiger partial charge is 0.272 e. The van der Waals surface area contributed by atoms with Gasteiger partial charge in [-0.25, -0.2) is 0 Å². The summed E-state index contributed by atoms with van der Waals surface area (Å²) < 4.78 is 0. The molecule has 6 heteroatoms. The van der Waals surface area contributed by atoms with Gasteiger partial charge in [-0.1, -0.05) is 53.5 Å². The molecule has 2 aromatic carbocycles. The average Bonchev–Trinajstić information content (AvgIpc) is 3.00. The summed E-state index contributed by atoms with van der Waals surface area (Å²) in [7, 11) is 0. The average molecular weight is 370 g/mol. The maximum absolute atomic E-state index is 12.4. The third-order valence-corrected chi connectivity index (χ3v) is 4.94. The monoisotopic (exact) mass is 369 g/mol. The first kappa shape index (κ1) is 16.1. The molecule has 0 radical (unpaired) electrons. The molecule has 1 N–H and O–H groups in total. The van der Waals surface area contributed by atoms with E-state index in [9.17, 15) is 4.79 Å². The molecule has 1 aliphatic carbocycles. The standard InChI is InChI=1S/C19H13Cl2N3O/c20-15-6-5-11(7-16(15)21)10-22-19(25)18-9-14-13-4-2-1-3-12(13)8-17(14)23-24-18/h1-7,9H,8,10H2,(H,22,25). The largest absolute Gasteiger partial charge is 0.347 e. The number of fused-ring (bicyclic) bond motifs is 3. The molecule has 3 aromatic rings. The molecule has 1 heterocycles. The van der Waals surface area contributed by atoms with E-state index in [2.05, 4.69) is 21.6 Å². The number of amides is 1. The minimum atomic E-state index is -0.272. The van der Waals surface area contributed by atoms with Crippen LogP contribution in [0.15, 0.2) is 48.5 Å². The van der Waals surface area contributed by atoms with Gasteiger partial charge in [0.2, 0.25) is 0 Å². The van der Waals surface area contributed by atoms with Crippen LogP contribution in [0, 0.1) is 0 Å². The normalized spacial score (nSPS) is 11.8. The van der Waals surface area contributed by atoms with Gasteiger partial charge in [-0.15, -0.1) is 5.10 Å². The van der Waals surface area contributed by atoms with Gasteiger partial charge in [0.1, 0.15) is 0 Å². The lowest BCUT2D eigenvalue weighted by Gasteiger charge is -2.07. The molecule has 0 fully saturated rings. The molecule has 0 saturated heterocycles. The Kier molecular flexibility index (Phi) is 4.15. The van der Waals surface area contributed by atoms with Crippen molar-refractivity contribution in [1.29, 1.82) is 0 Å². The Morgan fingerprint density at radius 3 is 2.68 bits per heavy atom. The molecular formula is C19H13Cl2N3O. The van der Waals surface area contributed by atoms with Crippen LogP contribution in [0.2, 0.25) is 10.0 Å². The Bertz CT molecular complexity index is 988. The SMILES string of the molecule is O=C(NCc1ccc(Cl)c(Cl)c1)c1cc2c(nn1)Cc1ccccc1-2. The highest BCUT2D eigenvalue weighted by atomic mass is 35.5. The topological polar surface area (TPSA) is 54.9 Å². The van der Waals surface area contributed by atoms with Crippen molar-refractivity contribution < 1.29 is 4.79 Å². The lowest BCUT2D eigenvalue weighted by molar-refractivity contribution is 0.0945. The van der Waals surface area contributed by atoms with Crippen LogP contribution in [0.5, 0.6) is 0 Å². The number of aromatic nitrogens is 2. The lowest BCUT2D eigenvalue weighted by Crippen LogP contribution is -2.24. The van der Waals surface area contributed by atoms with Gasteiger partial charge in [0.25, 0.3) is 5.91 Å². The van der Waals surface area contributed by atoms with Gasteiger partial charge in [0.15, 0.2) is 5.69 Å². The predicted octanol–water partition coefficient (Wildman–Crippen LogP) is 4.28. The lowest BCUT2D eigenvalue weighted by atomic mass is 10.1. The minimum absolute atomic E-state index is 0.272. The Balaban J connectivity index is 1.53. The van der Waals surface area contributed by atoms with Gasteiger partial charge in [-0.05, 0) is 34.9 Å². The number of halogens is 2. The highest BCUT2D eigenvalue weighted by Crippen LogP contribution is 2.34. The first-order valence-electron chi connectivity index (χ1n) is 7.79. The Hall–Kier alpha value is -2.43. The summed E-state index contributed by atoms with van der Waals surface area (Å²) in [4.78, 5) is 12.4. The third-order valence-electron chi connectivity index (χ3n) is 4.21. The van der Waals surface area contributed by atoms with Crippen LogP contribution in [0.1, 0.15) is 27.3 Å². The molecule has 0 saturated carbocycles. The first-order chi connectivity index (χ1) is 12.1. The number of nitrogens with one attached hydrogen (secondary N) is 1. The number of carbonyl (C=O) groups excluding carboxylic acids is 1. The summed E-state index contributed by atoms with van der Waals surface area (Å²) in [5, 5.41) is 12.1. The van der Waals surface area contributed by atoms with Crippen molar-refractivity contribution in [3.05, 3.63) is 81.1 Å². The molecule has 1 amide bonds. The molecule has 0 aliphatic heterocycles. The fourth-order valence-electron chi connectivity index (χ4n) is 2.93. The van der Waals surface area contributed by atoms with Gasteiger partial charge >= 0.3 is 0 Å². The van der Waals surface area contributed by atoms with Crippen molar-refractivity contribution >= 4 is 29.1 Å². The number of benzene rings is 2. The second-order valence-corrected chi connectivity index (χ2v) is 6.67. The zero-order valence-electron chi connectivity index (χ0n) is 13.1. The van der Waals surface area contributed by atoms with E-state index in [1.54, 1.807) is 18.2 Å². The van der Waals surface area contributed by atoms with Crippen LogP contribution in [0.4, 0.5) is 0 Å². The molecular weight excluding hydrogens is 357 g/mol. The summed E-state index contributed by atoms with van der Waals surface area (Å²) in [5.74, 6) is -0.272. The quantitative estimate of drug-likeness (QED) is 0.586. The van der Waals surface area contributed by atoms with Crippen molar-refractivity contribution in [2.45, 2.75) is 13.0 Å². The second kappa shape index (κ2) is 6.47. The zero-order valence-corrected chi connectivity index (χ0v) is 14.6. The van der Waals surface area contributed by atoms with Crippen LogP contribution >= 0.6 is 23.2 Å². The fourth-order valence-corrected chi connectivity index (χ4v) is 3.25. The minimum Gasteiger partial charge on any atom is -0.347 e. The molecule has 1 aromatic heterocycles. The maximum Gasteiger partial charge on any atom is 0.272 e. The van der Waals surface area contributed by atoms with E-state index < -0.39 is 0 Å². The third kappa shape index (κ3) is 3.11. The molecule has 0 spiro atoms. The highest BCUT2D eigenvalue weighted by molar-refractivity contribution is 6.42. The maximum atomic E-state index is 12.4. The van der Waals surface area contributed by atoms with Gasteiger partial charge in [0, 0.05) is 18.5 Å². The zero-order chi connectivity index (χ0) is 17.4. The van der Waals surface area contributed by atoms with E-state index in [0.29, 0.717) is 22.3 Å². The van der Waals surface area contributed by atoms with E-state index in [1.807, 2.05) is 24.3 Å². The van der Waals surface area contributed by atoms with Gasteiger partial charge in [-0.3, -0.25) is 4.79 Å². The highest BCUT2D eigenvalue weighted by Gasteiger charge is 2.21. The van der Waals surface area contributed by atoms with Crippen LogP contribution in [0.3, 0.4) is 0 Å². The van der Waals surface area contributed by atoms with E-state index in [0.717, 1.165) is 28.8 Å². The number of hydrogen-bond acceptors (Lipinski definition) is 3. The van der Waals surface area contributed by atoms with Crippen LogP contribution in [0.25, 0.3) is 11.1 Å². The fraction of sp³-hybridized carbons (Fsp3) is 0.105. The van der Waals surface area contributed by atoms with Crippen molar-refractivity contribution in [1.82, 2.24) is 15.5 Å². The summed E-state index contributed by atoms with van der Waals surface area (Å²) in [5.41, 5.74) is 5.37. The Morgan fingerprint density at radius 1 is 1.00 bits per heavy atom. The first-order valence-corrected chi connectivity index (χ1v) is 8.54. The summed E-state index contributed by atoms with van der Waals surface area (Å²) >= 11 is 11.9. The predicted molar refractivity (Wildman–Crippen MR) is 97.9 cm³/mol. The Morgan fingerprint density at radius 2 is 1.84 bits per heavy atom. The number of rotatable bonds is 3. The van der Waals surface area contributed by atoms with Gasteiger partial charge < -0.3 is 5.32 Å². The molecule has 1 aliphatic rings. The van der Waals surface area contributed by atoms with Crippen LogP contribution < -0.4 is 5.32 Å². The van der Waals surface area contributed by atoms with Crippen molar-refractivity contribution in [2.24, 2.45) is 0 Å². The summed E-state index contributed by atoms with van der Waals surface area (Å²) in [6.07, 6.45) is 0.754. The van der Waals surface area contributed by atoms with Crippen molar-refractivity contribution in [3.63, 3.8) is 0 Å². The molecule has 124 valence electrons. The van der Waals surface area contributed by atoms with Crippen molar-refractivity contribution in [2.75, 3.05) is 0 Å².